The van der Waals surface area contributed by atoms with Crippen LogP contribution in [-0.2, 0) is 0 Å². The molecular weight excluding hydrogens is 225 g/mol. The Balaban J connectivity index is 2.61. The smallest absolute Gasteiger partial charge is 0.312 e. The van der Waals surface area contributed by atoms with Gasteiger partial charge in [-0.3, -0.25) is 0 Å². The van der Waals surface area contributed by atoms with E-state index in [1.54, 1.807) is 12.6 Å². The molecular formula is C9H13F3N2S. The average molecular weight is 238 g/mol. The van der Waals surface area contributed by atoms with Crippen molar-refractivity contribution in [3.63, 3.8) is 0 Å². The lowest BCUT2D eigenvalue weighted by molar-refractivity contribution is -0.136. The molecule has 0 fully saturated rings. The summed E-state index contributed by atoms with van der Waals surface area (Å²) in [4.78, 5) is 4.92. The Kier molecular flexibility index (Phi) is 4.10. The number of hydrogen-bond acceptors (Lipinski definition) is 3. The van der Waals surface area contributed by atoms with Gasteiger partial charge in [-0.25, -0.2) is 4.98 Å². The molecule has 1 unspecified atom stereocenters. The van der Waals surface area contributed by atoms with E-state index in [0.29, 0.717) is 0 Å². The summed E-state index contributed by atoms with van der Waals surface area (Å²) >= 11 is 1.39. The molecule has 1 rings (SSSR count). The van der Waals surface area contributed by atoms with Gasteiger partial charge in [0.1, 0.15) is 0 Å². The summed E-state index contributed by atoms with van der Waals surface area (Å²) in [6, 6.07) is -0.251. The summed E-state index contributed by atoms with van der Waals surface area (Å²) < 4.78 is 36.2. The number of rotatable bonds is 4. The highest BCUT2D eigenvalue weighted by Crippen LogP contribution is 2.30. The molecule has 0 aromatic carbocycles. The summed E-state index contributed by atoms with van der Waals surface area (Å²) in [5.74, 6) is 0. The van der Waals surface area contributed by atoms with Crippen molar-refractivity contribution in [2.24, 2.45) is 0 Å². The molecule has 0 aliphatic carbocycles. The zero-order valence-electron chi connectivity index (χ0n) is 8.56. The Hall–Kier alpha value is -0.620. The lowest BCUT2D eigenvalue weighted by Crippen LogP contribution is -2.19. The Morgan fingerprint density at radius 2 is 2.20 bits per heavy atom. The van der Waals surface area contributed by atoms with Gasteiger partial charge in [0.25, 0.3) is 0 Å². The second-order valence-corrected chi connectivity index (χ2v) is 4.18. The predicted octanol–water partition coefficient (Wildman–Crippen LogP) is 3.05. The third-order valence-electron chi connectivity index (χ3n) is 2.16. The largest absolute Gasteiger partial charge is 0.389 e. The topological polar surface area (TPSA) is 24.9 Å². The minimum absolute atomic E-state index is 0.0586. The number of hydrogen-bond donors (Lipinski definition) is 1. The van der Waals surface area contributed by atoms with Crippen molar-refractivity contribution in [2.45, 2.75) is 32.0 Å². The number of alkyl halides is 3. The lowest BCUT2D eigenvalue weighted by Gasteiger charge is -2.16. The van der Waals surface area contributed by atoms with Crippen LogP contribution in [0.2, 0.25) is 0 Å². The average Bonchev–Trinajstić information content (AvgIpc) is 2.52. The molecule has 0 aliphatic heterocycles. The molecule has 0 aliphatic rings. The van der Waals surface area contributed by atoms with Gasteiger partial charge in [0.2, 0.25) is 0 Å². The quantitative estimate of drug-likeness (QED) is 0.872. The first kappa shape index (κ1) is 12.4. The highest BCUT2D eigenvalue weighted by molar-refractivity contribution is 7.09. The zero-order chi connectivity index (χ0) is 11.5. The predicted molar refractivity (Wildman–Crippen MR) is 53.9 cm³/mol. The fourth-order valence-electron chi connectivity index (χ4n) is 1.36. The number of aryl methyl sites for hydroxylation is 1. The number of nitrogens with one attached hydrogen (secondary N) is 1. The van der Waals surface area contributed by atoms with Crippen molar-refractivity contribution in [3.8, 4) is 0 Å². The molecule has 0 saturated carbocycles. The van der Waals surface area contributed by atoms with Gasteiger partial charge in [-0.05, 0) is 20.4 Å². The van der Waals surface area contributed by atoms with Crippen LogP contribution in [0.1, 0.15) is 29.5 Å². The van der Waals surface area contributed by atoms with Crippen LogP contribution in [0.25, 0.3) is 0 Å². The summed E-state index contributed by atoms with van der Waals surface area (Å²) in [6.45, 7) is 1.81. The number of halogens is 3. The molecule has 1 N–H and O–H groups in total. The molecule has 2 nitrogen and oxygen atoms in total. The van der Waals surface area contributed by atoms with Crippen LogP contribution in [0.5, 0.6) is 0 Å². The van der Waals surface area contributed by atoms with E-state index in [0.717, 1.165) is 10.6 Å². The molecule has 1 aromatic rings. The van der Waals surface area contributed by atoms with E-state index < -0.39 is 12.6 Å². The van der Waals surface area contributed by atoms with Crippen LogP contribution in [0.15, 0.2) is 5.51 Å². The van der Waals surface area contributed by atoms with Crippen molar-refractivity contribution in [2.75, 3.05) is 7.05 Å². The first-order valence-corrected chi connectivity index (χ1v) is 5.46. The van der Waals surface area contributed by atoms with E-state index in [-0.39, 0.29) is 12.5 Å². The SMILES string of the molecule is CNC(CCC(F)(F)F)c1scnc1C. The Morgan fingerprint density at radius 1 is 1.53 bits per heavy atom. The van der Waals surface area contributed by atoms with Crippen LogP contribution < -0.4 is 5.32 Å². The van der Waals surface area contributed by atoms with E-state index in [2.05, 4.69) is 10.3 Å². The maximum Gasteiger partial charge on any atom is 0.389 e. The minimum atomic E-state index is -4.09. The third kappa shape index (κ3) is 3.79. The van der Waals surface area contributed by atoms with Gasteiger partial charge < -0.3 is 5.32 Å². The molecule has 86 valence electrons. The molecule has 0 bridgehead atoms. The van der Waals surface area contributed by atoms with Crippen molar-refractivity contribution < 1.29 is 13.2 Å². The lowest BCUT2D eigenvalue weighted by atomic mass is 10.1. The first-order chi connectivity index (χ1) is 6.94. The fraction of sp³-hybridized carbons (Fsp3) is 0.667. The highest BCUT2D eigenvalue weighted by atomic mass is 32.1. The number of aromatic nitrogens is 1. The van der Waals surface area contributed by atoms with Gasteiger partial charge in [0, 0.05) is 17.3 Å². The van der Waals surface area contributed by atoms with Gasteiger partial charge in [-0.15, -0.1) is 11.3 Å². The van der Waals surface area contributed by atoms with Gasteiger partial charge >= 0.3 is 6.18 Å². The fourth-order valence-corrected chi connectivity index (χ4v) is 2.31. The van der Waals surface area contributed by atoms with Gasteiger partial charge in [-0.1, -0.05) is 0 Å². The first-order valence-electron chi connectivity index (χ1n) is 4.58. The molecule has 6 heteroatoms. The van der Waals surface area contributed by atoms with Crippen LogP contribution in [0, 0.1) is 6.92 Å². The Morgan fingerprint density at radius 3 is 2.60 bits per heavy atom. The van der Waals surface area contributed by atoms with E-state index in [1.165, 1.54) is 11.3 Å². The minimum Gasteiger partial charge on any atom is -0.312 e. The maximum absolute atomic E-state index is 12.1. The van der Waals surface area contributed by atoms with Crippen molar-refractivity contribution >= 4 is 11.3 Å². The summed E-state index contributed by atoms with van der Waals surface area (Å²) in [7, 11) is 1.67. The molecule has 0 spiro atoms. The van der Waals surface area contributed by atoms with Crippen LogP contribution >= 0.6 is 11.3 Å². The molecule has 0 saturated heterocycles. The van der Waals surface area contributed by atoms with E-state index >= 15 is 0 Å². The molecule has 15 heavy (non-hydrogen) atoms. The third-order valence-corrected chi connectivity index (χ3v) is 3.21. The molecule has 0 radical (unpaired) electrons. The molecule has 1 atom stereocenters. The Labute approximate surface area is 90.5 Å². The standard InChI is InChI=1S/C9H13F3N2S/c1-6-8(15-5-14-6)7(13-2)3-4-9(10,11)12/h5,7,13H,3-4H2,1-2H3. The molecule has 1 aromatic heterocycles. The molecule has 0 amide bonds. The van der Waals surface area contributed by atoms with E-state index in [4.69, 9.17) is 0 Å². The van der Waals surface area contributed by atoms with Crippen LogP contribution in [0.3, 0.4) is 0 Å². The van der Waals surface area contributed by atoms with E-state index in [9.17, 15) is 13.2 Å². The van der Waals surface area contributed by atoms with Crippen molar-refractivity contribution in [1.29, 1.82) is 0 Å². The maximum atomic E-state index is 12.1. The van der Waals surface area contributed by atoms with E-state index in [1.807, 2.05) is 6.92 Å². The zero-order valence-corrected chi connectivity index (χ0v) is 9.37. The summed E-state index contributed by atoms with van der Waals surface area (Å²) in [6.07, 6.45) is -4.80. The molecule has 1 heterocycles. The number of thiazole rings is 1. The van der Waals surface area contributed by atoms with Crippen molar-refractivity contribution in [3.05, 3.63) is 16.1 Å². The second kappa shape index (κ2) is 4.94. The highest BCUT2D eigenvalue weighted by Gasteiger charge is 2.29. The normalized spacial score (nSPS) is 14.2. The summed E-state index contributed by atoms with van der Waals surface area (Å²) in [5.41, 5.74) is 2.46. The van der Waals surface area contributed by atoms with Gasteiger partial charge in [0.15, 0.2) is 0 Å². The van der Waals surface area contributed by atoms with Crippen LogP contribution in [-0.4, -0.2) is 18.2 Å². The Bertz CT molecular complexity index is 309. The van der Waals surface area contributed by atoms with Gasteiger partial charge in [-0.2, -0.15) is 13.2 Å². The number of nitrogens with zero attached hydrogens (tertiary/aromatic N) is 1. The van der Waals surface area contributed by atoms with Gasteiger partial charge in [0.05, 0.1) is 11.2 Å². The summed E-state index contributed by atoms with van der Waals surface area (Å²) in [5, 5.41) is 2.89. The van der Waals surface area contributed by atoms with Crippen LogP contribution in [0.4, 0.5) is 13.2 Å². The second-order valence-electron chi connectivity index (χ2n) is 3.30. The monoisotopic (exact) mass is 238 g/mol. The van der Waals surface area contributed by atoms with Crippen molar-refractivity contribution in [1.82, 2.24) is 10.3 Å².